The van der Waals surface area contributed by atoms with Gasteiger partial charge >= 0.3 is 5.63 Å². The number of benzene rings is 2. The molecule has 1 heterocycles. The van der Waals surface area contributed by atoms with Crippen LogP contribution in [0.5, 0.6) is 5.75 Å². The lowest BCUT2D eigenvalue weighted by Crippen LogP contribution is -2.20. The van der Waals surface area contributed by atoms with Crippen LogP contribution in [0.3, 0.4) is 0 Å². The lowest BCUT2D eigenvalue weighted by molar-refractivity contribution is 0.102. The van der Waals surface area contributed by atoms with Crippen molar-refractivity contribution in [3.63, 3.8) is 0 Å². The van der Waals surface area contributed by atoms with Gasteiger partial charge < -0.3 is 14.5 Å². The second-order valence-corrected chi connectivity index (χ2v) is 4.90. The van der Waals surface area contributed by atoms with Gasteiger partial charge in [0.05, 0.1) is 6.61 Å². The summed E-state index contributed by atoms with van der Waals surface area (Å²) in [7, 11) is 0. The van der Waals surface area contributed by atoms with Crippen LogP contribution in [0.4, 0.5) is 5.69 Å². The molecule has 5 nitrogen and oxygen atoms in total. The summed E-state index contributed by atoms with van der Waals surface area (Å²) in [4.78, 5) is 24.2. The maximum absolute atomic E-state index is 12.3. The molecule has 1 amide bonds. The van der Waals surface area contributed by atoms with Crippen molar-refractivity contribution in [3.8, 4) is 5.75 Å². The fourth-order valence-corrected chi connectivity index (χ4v) is 2.22. The molecule has 0 spiro atoms. The molecule has 3 aromatic rings. The summed E-state index contributed by atoms with van der Waals surface area (Å²) in [6.07, 6.45) is 0. The third kappa shape index (κ3) is 3.23. The Hall–Kier alpha value is -3.08. The number of carbonyl (C=O) groups is 1. The fourth-order valence-electron chi connectivity index (χ4n) is 2.22. The lowest BCUT2D eigenvalue weighted by Gasteiger charge is -2.07. The molecule has 0 unspecified atom stereocenters. The van der Waals surface area contributed by atoms with Crippen LogP contribution in [-0.4, -0.2) is 12.5 Å². The average Bonchev–Trinajstić information content (AvgIpc) is 2.56. The maximum Gasteiger partial charge on any atom is 0.349 e. The third-order valence-electron chi connectivity index (χ3n) is 3.31. The van der Waals surface area contributed by atoms with Gasteiger partial charge in [0, 0.05) is 11.1 Å². The van der Waals surface area contributed by atoms with E-state index < -0.39 is 11.5 Å². The van der Waals surface area contributed by atoms with Crippen LogP contribution in [-0.2, 0) is 0 Å². The molecule has 116 valence electrons. The molecule has 0 aliphatic heterocycles. The quantitative estimate of drug-likeness (QED) is 0.750. The highest BCUT2D eigenvalue weighted by atomic mass is 16.5. The Morgan fingerprint density at radius 1 is 1.13 bits per heavy atom. The zero-order chi connectivity index (χ0) is 16.2. The molecular weight excluding hydrogens is 294 g/mol. The molecule has 0 saturated carbocycles. The summed E-state index contributed by atoms with van der Waals surface area (Å²) in [5.41, 5.74) is 0.339. The van der Waals surface area contributed by atoms with Crippen molar-refractivity contribution in [2.24, 2.45) is 0 Å². The van der Waals surface area contributed by atoms with Crippen LogP contribution in [0.2, 0.25) is 0 Å². The summed E-state index contributed by atoms with van der Waals surface area (Å²) in [5.74, 6) is 0.212. The number of hydrogen-bond donors (Lipinski definition) is 1. The predicted octanol–water partition coefficient (Wildman–Crippen LogP) is 3.44. The van der Waals surface area contributed by atoms with Gasteiger partial charge in [0.25, 0.3) is 5.91 Å². The molecule has 0 aliphatic rings. The number of para-hydroxylation sites is 1. The Morgan fingerprint density at radius 2 is 1.87 bits per heavy atom. The standard InChI is InChI=1S/C18H15NO4/c1-2-22-14-9-7-13(8-10-14)19-17(20)15-11-12-5-3-4-6-16(12)23-18(15)21/h3-11H,2H2,1H3,(H,19,20). The minimum absolute atomic E-state index is 0.0300. The topological polar surface area (TPSA) is 68.5 Å². The Morgan fingerprint density at radius 3 is 2.61 bits per heavy atom. The van der Waals surface area contributed by atoms with Crippen LogP contribution >= 0.6 is 0 Å². The molecule has 1 aromatic heterocycles. The molecular formula is C18H15NO4. The maximum atomic E-state index is 12.3. The third-order valence-corrected chi connectivity index (χ3v) is 3.31. The molecule has 0 radical (unpaired) electrons. The summed E-state index contributed by atoms with van der Waals surface area (Å²) >= 11 is 0. The van der Waals surface area contributed by atoms with E-state index in [0.29, 0.717) is 23.3 Å². The number of anilines is 1. The van der Waals surface area contributed by atoms with E-state index in [1.807, 2.05) is 13.0 Å². The van der Waals surface area contributed by atoms with Gasteiger partial charge in [0.1, 0.15) is 16.9 Å². The Balaban J connectivity index is 1.85. The summed E-state index contributed by atoms with van der Waals surface area (Å²) in [6.45, 7) is 2.47. The van der Waals surface area contributed by atoms with Gasteiger partial charge in [-0.1, -0.05) is 18.2 Å². The zero-order valence-corrected chi connectivity index (χ0v) is 12.5. The van der Waals surface area contributed by atoms with Gasteiger partial charge in [-0.15, -0.1) is 0 Å². The Bertz CT molecular complexity index is 897. The van der Waals surface area contributed by atoms with Crippen molar-refractivity contribution in [2.45, 2.75) is 6.92 Å². The largest absolute Gasteiger partial charge is 0.494 e. The first-order valence-electron chi connectivity index (χ1n) is 7.24. The van der Waals surface area contributed by atoms with Crippen LogP contribution in [0, 0.1) is 0 Å². The molecule has 0 saturated heterocycles. The number of hydrogen-bond acceptors (Lipinski definition) is 4. The first-order chi connectivity index (χ1) is 11.2. The van der Waals surface area contributed by atoms with Crippen molar-refractivity contribution in [1.82, 2.24) is 0 Å². The van der Waals surface area contributed by atoms with E-state index in [1.165, 1.54) is 6.07 Å². The van der Waals surface area contributed by atoms with Crippen LogP contribution in [0.1, 0.15) is 17.3 Å². The molecule has 23 heavy (non-hydrogen) atoms. The second-order valence-electron chi connectivity index (χ2n) is 4.90. The van der Waals surface area contributed by atoms with E-state index in [1.54, 1.807) is 42.5 Å². The number of fused-ring (bicyclic) bond motifs is 1. The van der Waals surface area contributed by atoms with Crippen molar-refractivity contribution in [2.75, 3.05) is 11.9 Å². The van der Waals surface area contributed by atoms with E-state index in [4.69, 9.17) is 9.15 Å². The Labute approximate surface area is 132 Å². The van der Waals surface area contributed by atoms with Gasteiger partial charge in [-0.2, -0.15) is 0 Å². The summed E-state index contributed by atoms with van der Waals surface area (Å²) in [6, 6.07) is 15.5. The molecule has 0 atom stereocenters. The molecule has 0 bridgehead atoms. The lowest BCUT2D eigenvalue weighted by atomic mass is 10.1. The molecule has 2 aromatic carbocycles. The van der Waals surface area contributed by atoms with Gasteiger partial charge in [-0.25, -0.2) is 4.79 Å². The molecule has 1 N–H and O–H groups in total. The smallest absolute Gasteiger partial charge is 0.349 e. The van der Waals surface area contributed by atoms with E-state index in [-0.39, 0.29) is 5.56 Å². The highest BCUT2D eigenvalue weighted by Crippen LogP contribution is 2.17. The minimum atomic E-state index is -0.660. The fraction of sp³-hybridized carbons (Fsp3) is 0.111. The molecule has 0 fully saturated rings. The van der Waals surface area contributed by atoms with E-state index >= 15 is 0 Å². The number of rotatable bonds is 4. The minimum Gasteiger partial charge on any atom is -0.494 e. The van der Waals surface area contributed by atoms with Crippen molar-refractivity contribution >= 4 is 22.6 Å². The first-order valence-corrected chi connectivity index (χ1v) is 7.24. The number of ether oxygens (including phenoxy) is 1. The summed E-state index contributed by atoms with van der Waals surface area (Å²) in [5, 5.41) is 3.38. The van der Waals surface area contributed by atoms with Gasteiger partial charge in [0.15, 0.2) is 0 Å². The van der Waals surface area contributed by atoms with Crippen LogP contribution in [0.25, 0.3) is 11.0 Å². The predicted molar refractivity (Wildman–Crippen MR) is 88.0 cm³/mol. The van der Waals surface area contributed by atoms with E-state index in [2.05, 4.69) is 5.32 Å². The van der Waals surface area contributed by atoms with Gasteiger partial charge in [0.2, 0.25) is 0 Å². The molecule has 5 heteroatoms. The summed E-state index contributed by atoms with van der Waals surface area (Å²) < 4.78 is 10.5. The highest BCUT2D eigenvalue weighted by Gasteiger charge is 2.13. The van der Waals surface area contributed by atoms with Crippen molar-refractivity contribution in [3.05, 3.63) is 70.6 Å². The molecule has 0 aliphatic carbocycles. The first kappa shape index (κ1) is 14.8. The van der Waals surface area contributed by atoms with Crippen LogP contribution < -0.4 is 15.7 Å². The normalized spacial score (nSPS) is 10.5. The SMILES string of the molecule is CCOc1ccc(NC(=O)c2cc3ccccc3oc2=O)cc1. The number of nitrogens with one attached hydrogen (secondary N) is 1. The molecule has 3 rings (SSSR count). The van der Waals surface area contributed by atoms with E-state index in [0.717, 1.165) is 5.75 Å². The van der Waals surface area contributed by atoms with Gasteiger partial charge in [-0.05, 0) is 43.3 Å². The van der Waals surface area contributed by atoms with Gasteiger partial charge in [-0.3, -0.25) is 4.79 Å². The monoisotopic (exact) mass is 309 g/mol. The van der Waals surface area contributed by atoms with Crippen LogP contribution in [0.15, 0.2) is 63.8 Å². The zero-order valence-electron chi connectivity index (χ0n) is 12.5. The van der Waals surface area contributed by atoms with Crippen molar-refractivity contribution < 1.29 is 13.9 Å². The number of carbonyl (C=O) groups excluding carboxylic acids is 1. The van der Waals surface area contributed by atoms with Crippen molar-refractivity contribution in [1.29, 1.82) is 0 Å². The highest BCUT2D eigenvalue weighted by molar-refractivity contribution is 6.05. The Kier molecular flexibility index (Phi) is 4.10. The average molecular weight is 309 g/mol. The second kappa shape index (κ2) is 6.36. The number of amides is 1. The van der Waals surface area contributed by atoms with E-state index in [9.17, 15) is 9.59 Å².